The van der Waals surface area contributed by atoms with E-state index in [1.807, 2.05) is 35.9 Å². The van der Waals surface area contributed by atoms with Crippen molar-refractivity contribution in [3.05, 3.63) is 76.5 Å². The number of nitrogens with zero attached hydrogens (tertiary/aromatic N) is 5. The molecule has 5 nitrogen and oxygen atoms in total. The summed E-state index contributed by atoms with van der Waals surface area (Å²) in [6, 6.07) is 15.2. The zero-order chi connectivity index (χ0) is 19.8. The minimum atomic E-state index is 0.301. The number of hydrogen-bond acceptors (Lipinski definition) is 5. The van der Waals surface area contributed by atoms with E-state index < -0.39 is 0 Å². The monoisotopic (exact) mass is 403 g/mol. The summed E-state index contributed by atoms with van der Waals surface area (Å²) in [5.74, 6) is 0. The van der Waals surface area contributed by atoms with Gasteiger partial charge in [-0.2, -0.15) is 0 Å². The van der Waals surface area contributed by atoms with Crippen LogP contribution in [-0.2, 0) is 6.54 Å². The van der Waals surface area contributed by atoms with Gasteiger partial charge in [0.15, 0.2) is 0 Å². The maximum absolute atomic E-state index is 5.00. The Morgan fingerprint density at radius 1 is 1.07 bits per heavy atom. The SMILES string of the molecule is Cc1ccc(CN2CCN(C)[C@H](c3cn4c(-c5ccncc5)cccc4n3)C2)s1. The predicted molar refractivity (Wildman–Crippen MR) is 118 cm³/mol. The van der Waals surface area contributed by atoms with Gasteiger partial charge in [-0.1, -0.05) is 6.07 Å². The Morgan fingerprint density at radius 3 is 2.72 bits per heavy atom. The standard InChI is InChI=1S/C23H25N5S/c1-17-6-7-19(29-17)14-27-13-12-26(2)22(16-27)20-15-28-21(4-3-5-23(28)25-20)18-8-10-24-11-9-18/h3-11,15,22H,12-14,16H2,1-2H3/t22-/m0/s1. The van der Waals surface area contributed by atoms with Crippen LogP contribution < -0.4 is 0 Å². The fourth-order valence-electron chi connectivity index (χ4n) is 4.13. The second-order valence-corrected chi connectivity index (χ2v) is 9.16. The summed E-state index contributed by atoms with van der Waals surface area (Å²) >= 11 is 1.90. The number of pyridine rings is 2. The molecule has 1 atom stereocenters. The lowest BCUT2D eigenvalue weighted by molar-refractivity contribution is 0.0892. The minimum absolute atomic E-state index is 0.301. The Labute approximate surface area is 175 Å². The van der Waals surface area contributed by atoms with Crippen LogP contribution in [0.1, 0.15) is 21.5 Å². The number of imidazole rings is 1. The van der Waals surface area contributed by atoms with E-state index in [4.69, 9.17) is 4.98 Å². The molecule has 29 heavy (non-hydrogen) atoms. The van der Waals surface area contributed by atoms with E-state index in [1.54, 1.807) is 0 Å². The van der Waals surface area contributed by atoms with Gasteiger partial charge in [-0.05, 0) is 50.4 Å². The molecule has 0 bridgehead atoms. The number of aryl methyl sites for hydroxylation is 1. The number of rotatable bonds is 4. The zero-order valence-electron chi connectivity index (χ0n) is 16.8. The van der Waals surface area contributed by atoms with Gasteiger partial charge in [-0.25, -0.2) is 4.98 Å². The summed E-state index contributed by atoms with van der Waals surface area (Å²) in [5.41, 5.74) is 4.43. The van der Waals surface area contributed by atoms with E-state index in [2.05, 4.69) is 69.7 Å². The molecule has 1 aliphatic heterocycles. The maximum Gasteiger partial charge on any atom is 0.137 e. The summed E-state index contributed by atoms with van der Waals surface area (Å²) in [6.45, 7) is 6.36. The van der Waals surface area contributed by atoms with E-state index in [0.717, 1.165) is 48.8 Å². The number of piperazine rings is 1. The van der Waals surface area contributed by atoms with Crippen molar-refractivity contribution in [2.45, 2.75) is 19.5 Å². The van der Waals surface area contributed by atoms with Crippen molar-refractivity contribution in [3.63, 3.8) is 0 Å². The molecule has 5 heterocycles. The number of thiophene rings is 1. The van der Waals surface area contributed by atoms with Crippen LogP contribution in [0.4, 0.5) is 0 Å². The van der Waals surface area contributed by atoms with E-state index in [9.17, 15) is 0 Å². The molecule has 0 aromatic carbocycles. The van der Waals surface area contributed by atoms with Gasteiger partial charge >= 0.3 is 0 Å². The summed E-state index contributed by atoms with van der Waals surface area (Å²) in [4.78, 5) is 17.0. The zero-order valence-corrected chi connectivity index (χ0v) is 17.6. The van der Waals surface area contributed by atoms with Gasteiger partial charge in [-0.15, -0.1) is 11.3 Å². The number of fused-ring (bicyclic) bond motifs is 1. The van der Waals surface area contributed by atoms with Crippen molar-refractivity contribution < 1.29 is 0 Å². The van der Waals surface area contributed by atoms with Gasteiger partial charge in [0.1, 0.15) is 5.65 Å². The molecule has 1 fully saturated rings. The lowest BCUT2D eigenvalue weighted by atomic mass is 10.1. The second-order valence-electron chi connectivity index (χ2n) is 7.78. The van der Waals surface area contributed by atoms with Gasteiger partial charge in [0.2, 0.25) is 0 Å². The van der Waals surface area contributed by atoms with Crippen molar-refractivity contribution in [2.24, 2.45) is 0 Å². The van der Waals surface area contributed by atoms with Crippen LogP contribution in [-0.4, -0.2) is 50.9 Å². The number of aromatic nitrogens is 3. The highest BCUT2D eigenvalue weighted by Crippen LogP contribution is 2.28. The summed E-state index contributed by atoms with van der Waals surface area (Å²) in [6.07, 6.45) is 5.89. The Kier molecular flexibility index (Phi) is 4.91. The Morgan fingerprint density at radius 2 is 1.93 bits per heavy atom. The first-order valence-corrected chi connectivity index (χ1v) is 10.9. The van der Waals surface area contributed by atoms with Gasteiger partial charge in [-0.3, -0.25) is 19.2 Å². The molecule has 0 unspecified atom stereocenters. The summed E-state index contributed by atoms with van der Waals surface area (Å²) < 4.78 is 2.21. The summed E-state index contributed by atoms with van der Waals surface area (Å²) in [7, 11) is 2.21. The molecular formula is C23H25N5S. The molecule has 4 aromatic heterocycles. The van der Waals surface area contributed by atoms with Crippen LogP contribution in [0.15, 0.2) is 61.1 Å². The molecule has 0 aliphatic carbocycles. The molecule has 1 saturated heterocycles. The van der Waals surface area contributed by atoms with Crippen LogP contribution in [0.25, 0.3) is 16.9 Å². The van der Waals surface area contributed by atoms with Crippen LogP contribution in [0, 0.1) is 6.92 Å². The molecule has 1 aliphatic rings. The Hall–Kier alpha value is -2.54. The molecule has 0 saturated carbocycles. The molecule has 148 valence electrons. The van der Waals surface area contributed by atoms with Crippen molar-refractivity contribution in [2.75, 3.05) is 26.7 Å². The third-order valence-electron chi connectivity index (χ3n) is 5.74. The first-order valence-electron chi connectivity index (χ1n) is 10.0. The Balaban J connectivity index is 1.44. The maximum atomic E-state index is 5.00. The van der Waals surface area contributed by atoms with Gasteiger partial charge in [0.25, 0.3) is 0 Å². The van der Waals surface area contributed by atoms with E-state index in [1.165, 1.54) is 9.75 Å². The molecule has 0 N–H and O–H groups in total. The van der Waals surface area contributed by atoms with Gasteiger partial charge in [0, 0.05) is 60.1 Å². The lowest BCUT2D eigenvalue weighted by Gasteiger charge is -2.38. The molecule has 4 aromatic rings. The first-order chi connectivity index (χ1) is 14.2. The molecule has 6 heteroatoms. The minimum Gasteiger partial charge on any atom is -0.299 e. The smallest absolute Gasteiger partial charge is 0.137 e. The number of likely N-dealkylation sites (N-methyl/N-ethyl adjacent to an activating group) is 1. The number of hydrogen-bond donors (Lipinski definition) is 0. The van der Waals surface area contributed by atoms with Crippen molar-refractivity contribution in [3.8, 4) is 11.3 Å². The van der Waals surface area contributed by atoms with Crippen LogP contribution >= 0.6 is 11.3 Å². The first kappa shape index (κ1) is 18.5. The van der Waals surface area contributed by atoms with Crippen LogP contribution in [0.5, 0.6) is 0 Å². The quantitative estimate of drug-likeness (QED) is 0.510. The average molecular weight is 404 g/mol. The third-order valence-corrected chi connectivity index (χ3v) is 6.72. The molecular weight excluding hydrogens is 378 g/mol. The van der Waals surface area contributed by atoms with Crippen molar-refractivity contribution in [1.29, 1.82) is 0 Å². The molecule has 0 radical (unpaired) electrons. The molecule has 0 spiro atoms. The van der Waals surface area contributed by atoms with Gasteiger partial charge < -0.3 is 0 Å². The van der Waals surface area contributed by atoms with Crippen LogP contribution in [0.2, 0.25) is 0 Å². The fraction of sp³-hybridized carbons (Fsp3) is 0.304. The predicted octanol–water partition coefficient (Wildman–Crippen LogP) is 4.25. The normalized spacial score (nSPS) is 18.5. The van der Waals surface area contributed by atoms with Crippen LogP contribution in [0.3, 0.4) is 0 Å². The Bertz CT molecular complexity index is 1120. The van der Waals surface area contributed by atoms with Crippen molar-refractivity contribution in [1.82, 2.24) is 24.2 Å². The molecule has 0 amide bonds. The van der Waals surface area contributed by atoms with E-state index in [0.29, 0.717) is 6.04 Å². The largest absolute Gasteiger partial charge is 0.299 e. The third kappa shape index (κ3) is 3.71. The van der Waals surface area contributed by atoms with Gasteiger partial charge in [0.05, 0.1) is 17.4 Å². The van der Waals surface area contributed by atoms with E-state index in [-0.39, 0.29) is 0 Å². The highest BCUT2D eigenvalue weighted by molar-refractivity contribution is 7.11. The average Bonchev–Trinajstić information content (AvgIpc) is 3.35. The second kappa shape index (κ2) is 7.71. The fourth-order valence-corrected chi connectivity index (χ4v) is 5.06. The van der Waals surface area contributed by atoms with Crippen molar-refractivity contribution >= 4 is 17.0 Å². The summed E-state index contributed by atoms with van der Waals surface area (Å²) in [5, 5.41) is 0. The molecule has 5 rings (SSSR count). The highest BCUT2D eigenvalue weighted by Gasteiger charge is 2.28. The lowest BCUT2D eigenvalue weighted by Crippen LogP contribution is -2.46. The topological polar surface area (TPSA) is 36.7 Å². The van der Waals surface area contributed by atoms with E-state index >= 15 is 0 Å². The highest BCUT2D eigenvalue weighted by atomic mass is 32.1.